The molecule has 1 aromatic carbocycles. The van der Waals surface area contributed by atoms with Crippen LogP contribution in [0.2, 0.25) is 0 Å². The van der Waals surface area contributed by atoms with Crippen LogP contribution < -0.4 is 0 Å². The fraction of sp³-hybridized carbons (Fsp3) is 0.841. The average Bonchev–Trinajstić information content (AvgIpc) is 3.37. The van der Waals surface area contributed by atoms with Gasteiger partial charge in [-0.1, -0.05) is 51.1 Å². The minimum absolute atomic E-state index is 0.00622. The second-order valence-electron chi connectivity index (χ2n) is 18.5. The van der Waals surface area contributed by atoms with Crippen LogP contribution in [0.1, 0.15) is 100.0 Å². The molecule has 5 rings (SSSR count). The molecule has 0 radical (unpaired) electrons. The largest absolute Gasteiger partial charge is 0.460 e. The number of hydrogen-bond donors (Lipinski definition) is 3. The predicted octanol–water partition coefficient (Wildman–Crippen LogP) is 4.79. The van der Waals surface area contributed by atoms with Crippen LogP contribution in [0.15, 0.2) is 30.3 Å². The number of aliphatic hydroxyl groups is 3. The van der Waals surface area contributed by atoms with Crippen molar-refractivity contribution in [3.05, 3.63) is 35.9 Å². The maximum atomic E-state index is 14.5. The SMILES string of the molecule is CO[C@]1(C)C[C@H](O[C@H]2[C@H](C)[C@@H](O[C@@H]3O[C@H](C)C[C@H](N(C)C)[C@H]3O)[C@@](C)(O)C[C@@H](C)C3[C@H](C)[C@H](OC(=O)[C@@H]2C)[C@@H](C)N3CCCCc2ccccc2)O[C@@H](C)[C@@H]1O. The molecule has 4 fully saturated rings. The summed E-state index contributed by atoms with van der Waals surface area (Å²) >= 11 is 0. The fourth-order valence-corrected chi connectivity index (χ4v) is 10.6. The van der Waals surface area contributed by atoms with Gasteiger partial charge in [-0.25, -0.2) is 0 Å². The van der Waals surface area contributed by atoms with Gasteiger partial charge in [-0.2, -0.15) is 0 Å². The maximum Gasteiger partial charge on any atom is 0.311 e. The van der Waals surface area contributed by atoms with Crippen LogP contribution in [0, 0.1) is 23.7 Å². The highest BCUT2D eigenvalue weighted by molar-refractivity contribution is 5.73. The Labute approximate surface area is 336 Å². The zero-order valence-corrected chi connectivity index (χ0v) is 36.2. The average molecular weight is 791 g/mol. The van der Waals surface area contributed by atoms with Gasteiger partial charge >= 0.3 is 5.97 Å². The van der Waals surface area contributed by atoms with E-state index in [0.717, 1.165) is 25.8 Å². The lowest BCUT2D eigenvalue weighted by Gasteiger charge is -2.49. The van der Waals surface area contributed by atoms with E-state index >= 15 is 0 Å². The van der Waals surface area contributed by atoms with E-state index in [0.29, 0.717) is 12.8 Å². The molecule has 4 aliphatic heterocycles. The number of nitrogens with zero attached hydrogens (tertiary/aromatic N) is 2. The molecule has 4 saturated heterocycles. The number of unbranched alkanes of at least 4 members (excludes halogenated alkanes) is 1. The summed E-state index contributed by atoms with van der Waals surface area (Å²) in [7, 11) is 5.41. The van der Waals surface area contributed by atoms with Gasteiger partial charge in [-0.15, -0.1) is 0 Å². The number of methoxy groups -OCH3 is 1. The lowest BCUT2D eigenvalue weighted by atomic mass is 9.75. The molecular formula is C44H74N2O10. The fourth-order valence-electron chi connectivity index (χ4n) is 10.6. The van der Waals surface area contributed by atoms with Gasteiger partial charge in [0.25, 0.3) is 0 Å². The molecule has 0 aliphatic carbocycles. The van der Waals surface area contributed by atoms with Crippen molar-refractivity contribution < 1.29 is 48.5 Å². The summed E-state index contributed by atoms with van der Waals surface area (Å²) in [6.07, 6.45) is -2.49. The lowest BCUT2D eigenvalue weighted by molar-refractivity contribution is -0.318. The number of esters is 1. The normalized spacial score (nSPS) is 45.6. The first-order valence-corrected chi connectivity index (χ1v) is 21.2. The minimum atomic E-state index is -1.45. The van der Waals surface area contributed by atoms with Gasteiger partial charge < -0.3 is 48.6 Å². The van der Waals surface area contributed by atoms with E-state index in [1.807, 2.05) is 45.8 Å². The molecule has 4 heterocycles. The third kappa shape index (κ3) is 9.83. The van der Waals surface area contributed by atoms with Gasteiger partial charge in [-0.05, 0) is 106 Å². The molecule has 18 atom stereocenters. The molecule has 2 bridgehead atoms. The summed E-state index contributed by atoms with van der Waals surface area (Å²) < 4.78 is 38.5. The first kappa shape index (κ1) is 45.4. The van der Waals surface area contributed by atoms with Crippen molar-refractivity contribution in [1.82, 2.24) is 9.80 Å². The zero-order valence-electron chi connectivity index (χ0n) is 36.2. The van der Waals surface area contributed by atoms with Crippen molar-refractivity contribution in [3.63, 3.8) is 0 Å². The number of likely N-dealkylation sites (N-methyl/N-ethyl adjacent to an activating group) is 1. The number of aliphatic hydroxyl groups excluding tert-OH is 2. The second kappa shape index (κ2) is 18.7. The van der Waals surface area contributed by atoms with Crippen molar-refractivity contribution in [2.75, 3.05) is 27.7 Å². The van der Waals surface area contributed by atoms with Crippen molar-refractivity contribution >= 4 is 5.97 Å². The number of rotatable bonds is 11. The Morgan fingerprint density at radius 2 is 1.61 bits per heavy atom. The molecule has 56 heavy (non-hydrogen) atoms. The number of benzene rings is 1. The number of carbonyl (C=O) groups is 1. The van der Waals surface area contributed by atoms with E-state index in [2.05, 4.69) is 49.9 Å². The van der Waals surface area contributed by atoms with Crippen LogP contribution in [0.5, 0.6) is 0 Å². The number of likely N-dealkylation sites (tertiary alicyclic amines) is 1. The number of carbonyl (C=O) groups excluding carboxylic acids is 1. The zero-order chi connectivity index (χ0) is 41.3. The van der Waals surface area contributed by atoms with E-state index in [4.69, 9.17) is 28.4 Å². The van der Waals surface area contributed by atoms with Crippen LogP contribution in [0.3, 0.4) is 0 Å². The van der Waals surface area contributed by atoms with Crippen LogP contribution in [0.4, 0.5) is 0 Å². The Morgan fingerprint density at radius 3 is 2.25 bits per heavy atom. The summed E-state index contributed by atoms with van der Waals surface area (Å²) in [5.74, 6) is -1.84. The second-order valence-corrected chi connectivity index (χ2v) is 18.5. The van der Waals surface area contributed by atoms with Crippen molar-refractivity contribution in [3.8, 4) is 0 Å². The monoisotopic (exact) mass is 791 g/mol. The molecule has 4 aliphatic rings. The van der Waals surface area contributed by atoms with Gasteiger partial charge in [0.1, 0.15) is 18.3 Å². The summed E-state index contributed by atoms with van der Waals surface area (Å²) in [4.78, 5) is 19.0. The quantitative estimate of drug-likeness (QED) is 0.210. The number of fused-ring (bicyclic) bond motifs is 2. The van der Waals surface area contributed by atoms with Gasteiger partial charge in [-0.3, -0.25) is 9.69 Å². The van der Waals surface area contributed by atoms with Crippen molar-refractivity contribution in [1.29, 1.82) is 0 Å². The van der Waals surface area contributed by atoms with Gasteiger partial charge in [0, 0.05) is 43.5 Å². The molecule has 1 unspecified atom stereocenters. The Morgan fingerprint density at radius 1 is 0.929 bits per heavy atom. The standard InChI is InChI=1S/C44H74N2O10/c1-25-23-43(8,50)40(56-42-36(47)33(45(10)11)22-26(2)52-42)28(4)37(54-34-24-44(9,51-12)39(48)31(7)53-34)29(5)41(49)55-38-27(3)35(25)46(30(38)6)21-17-16-20-32-18-14-13-15-19-32/h13-15,18-19,25-31,33-40,42,47-48,50H,16-17,20-24H2,1-12H3/t25-,26-,27+,28+,29-,30-,31+,33+,34+,35?,36-,37+,38+,39+,40-,42+,43+,44-/m1/s1. The Kier molecular flexibility index (Phi) is 15.1. The predicted molar refractivity (Wildman–Crippen MR) is 214 cm³/mol. The number of aryl methyl sites for hydroxylation is 1. The highest BCUT2D eigenvalue weighted by Crippen LogP contribution is 2.44. The summed E-state index contributed by atoms with van der Waals surface area (Å²) in [5.41, 5.74) is -1.08. The Bertz CT molecular complexity index is 1400. The summed E-state index contributed by atoms with van der Waals surface area (Å²) in [6, 6.07) is 10.3. The highest BCUT2D eigenvalue weighted by atomic mass is 16.7. The van der Waals surface area contributed by atoms with Gasteiger partial charge in [0.15, 0.2) is 12.6 Å². The molecule has 12 nitrogen and oxygen atoms in total. The first-order valence-electron chi connectivity index (χ1n) is 21.2. The Hall–Kier alpha value is -1.71. The highest BCUT2D eigenvalue weighted by Gasteiger charge is 2.55. The first-order chi connectivity index (χ1) is 26.3. The number of ether oxygens (including phenoxy) is 6. The molecule has 3 N–H and O–H groups in total. The van der Waals surface area contributed by atoms with E-state index in [1.54, 1.807) is 27.9 Å². The molecule has 0 aromatic heterocycles. The van der Waals surface area contributed by atoms with Crippen LogP contribution in [-0.4, -0.2) is 143 Å². The smallest absolute Gasteiger partial charge is 0.311 e. The maximum absolute atomic E-state index is 14.5. The van der Waals surface area contributed by atoms with Gasteiger partial charge in [0.05, 0.1) is 41.5 Å². The summed E-state index contributed by atoms with van der Waals surface area (Å²) in [6.45, 7) is 18.4. The minimum Gasteiger partial charge on any atom is -0.460 e. The molecule has 0 saturated carbocycles. The number of hydrogen-bond acceptors (Lipinski definition) is 12. The van der Waals surface area contributed by atoms with Crippen molar-refractivity contribution in [2.45, 2.75) is 185 Å². The van der Waals surface area contributed by atoms with Crippen molar-refractivity contribution in [2.24, 2.45) is 23.7 Å². The summed E-state index contributed by atoms with van der Waals surface area (Å²) in [5, 5.41) is 35.5. The van der Waals surface area contributed by atoms with Gasteiger partial charge in [0.2, 0.25) is 0 Å². The van der Waals surface area contributed by atoms with E-state index in [1.165, 1.54) is 5.56 Å². The van der Waals surface area contributed by atoms with E-state index < -0.39 is 72.1 Å². The molecule has 12 heteroatoms. The molecule has 320 valence electrons. The topological polar surface area (TPSA) is 140 Å². The molecule has 1 aromatic rings. The Balaban J connectivity index is 1.50. The van der Waals surface area contributed by atoms with Crippen LogP contribution in [-0.2, 0) is 39.6 Å². The van der Waals surface area contributed by atoms with E-state index in [9.17, 15) is 20.1 Å². The van der Waals surface area contributed by atoms with E-state index in [-0.39, 0.29) is 48.6 Å². The lowest BCUT2D eigenvalue weighted by Crippen LogP contribution is -2.60. The third-order valence-electron chi connectivity index (χ3n) is 13.8. The van der Waals surface area contributed by atoms with Crippen LogP contribution >= 0.6 is 0 Å². The van der Waals surface area contributed by atoms with Crippen LogP contribution in [0.25, 0.3) is 0 Å². The third-order valence-corrected chi connectivity index (χ3v) is 13.8. The molecule has 0 spiro atoms. The molecule has 0 amide bonds. The molecular weight excluding hydrogens is 716 g/mol.